The van der Waals surface area contributed by atoms with Gasteiger partial charge < -0.3 is 20.3 Å². The van der Waals surface area contributed by atoms with E-state index in [1.807, 2.05) is 31.2 Å². The van der Waals surface area contributed by atoms with E-state index in [1.165, 1.54) is 5.56 Å². The number of nitrogens with two attached hydrogens (primary N) is 1. The zero-order chi connectivity index (χ0) is 13.4. The third-order valence-corrected chi connectivity index (χ3v) is 2.93. The molecule has 1 aromatic rings. The molecular formula is C14H23NO3. The molecule has 0 radical (unpaired) electrons. The number of hydrogen-bond donors (Lipinski definition) is 2. The van der Waals surface area contributed by atoms with Crippen molar-refractivity contribution in [2.24, 2.45) is 5.73 Å². The van der Waals surface area contributed by atoms with Crippen molar-refractivity contribution in [3.8, 4) is 5.75 Å². The number of aliphatic hydroxyl groups is 1. The van der Waals surface area contributed by atoms with Crippen molar-refractivity contribution in [2.45, 2.75) is 31.9 Å². The summed E-state index contributed by atoms with van der Waals surface area (Å²) in [6.07, 6.45) is 1.31. The molecule has 1 aromatic carbocycles. The fourth-order valence-corrected chi connectivity index (χ4v) is 1.65. The van der Waals surface area contributed by atoms with Gasteiger partial charge in [-0.3, -0.25) is 0 Å². The van der Waals surface area contributed by atoms with Crippen molar-refractivity contribution in [3.05, 3.63) is 29.8 Å². The van der Waals surface area contributed by atoms with Crippen LogP contribution in [0.1, 0.15) is 18.9 Å². The van der Waals surface area contributed by atoms with Gasteiger partial charge in [0.25, 0.3) is 0 Å². The molecule has 0 spiro atoms. The van der Waals surface area contributed by atoms with Gasteiger partial charge in [-0.05, 0) is 30.5 Å². The number of aliphatic hydroxyl groups excluding tert-OH is 1. The highest BCUT2D eigenvalue weighted by atomic mass is 16.5. The zero-order valence-electron chi connectivity index (χ0n) is 11.1. The van der Waals surface area contributed by atoms with E-state index in [-0.39, 0.29) is 18.8 Å². The lowest BCUT2D eigenvalue weighted by atomic mass is 10.1. The van der Waals surface area contributed by atoms with Crippen molar-refractivity contribution in [1.82, 2.24) is 0 Å². The molecular weight excluding hydrogens is 230 g/mol. The first-order valence-corrected chi connectivity index (χ1v) is 6.32. The SMILES string of the molecule is CCC(N)C(CO)Oc1ccc(CCOC)cc1. The maximum Gasteiger partial charge on any atom is 0.137 e. The van der Waals surface area contributed by atoms with E-state index in [1.54, 1.807) is 7.11 Å². The smallest absolute Gasteiger partial charge is 0.137 e. The molecule has 3 N–H and O–H groups in total. The highest BCUT2D eigenvalue weighted by molar-refractivity contribution is 5.27. The summed E-state index contributed by atoms with van der Waals surface area (Å²) in [5.74, 6) is 0.735. The summed E-state index contributed by atoms with van der Waals surface area (Å²) in [6, 6.07) is 7.65. The van der Waals surface area contributed by atoms with Crippen LogP contribution in [0.5, 0.6) is 5.75 Å². The second kappa shape index (κ2) is 8.08. The van der Waals surface area contributed by atoms with Gasteiger partial charge in [0.05, 0.1) is 13.2 Å². The second-order valence-corrected chi connectivity index (χ2v) is 4.30. The third kappa shape index (κ3) is 4.64. The van der Waals surface area contributed by atoms with Crippen LogP contribution < -0.4 is 10.5 Å². The number of ether oxygens (including phenoxy) is 2. The standard InChI is InChI=1S/C14H23NO3/c1-3-13(15)14(10-16)18-12-6-4-11(5-7-12)8-9-17-2/h4-7,13-14,16H,3,8-10,15H2,1-2H3. The van der Waals surface area contributed by atoms with Gasteiger partial charge in [0.1, 0.15) is 11.9 Å². The maximum absolute atomic E-state index is 9.24. The molecule has 0 bridgehead atoms. The quantitative estimate of drug-likeness (QED) is 0.734. The van der Waals surface area contributed by atoms with Gasteiger partial charge in [0.15, 0.2) is 0 Å². The highest BCUT2D eigenvalue weighted by Crippen LogP contribution is 2.15. The zero-order valence-corrected chi connectivity index (χ0v) is 11.1. The summed E-state index contributed by atoms with van der Waals surface area (Å²) < 4.78 is 10.7. The van der Waals surface area contributed by atoms with E-state index in [4.69, 9.17) is 15.2 Å². The molecule has 0 fully saturated rings. The molecule has 1 rings (SSSR count). The molecule has 4 nitrogen and oxygen atoms in total. The van der Waals surface area contributed by atoms with Gasteiger partial charge in [-0.2, -0.15) is 0 Å². The lowest BCUT2D eigenvalue weighted by Gasteiger charge is -2.22. The molecule has 0 aliphatic carbocycles. The fourth-order valence-electron chi connectivity index (χ4n) is 1.65. The molecule has 2 atom stereocenters. The molecule has 0 aliphatic rings. The Morgan fingerprint density at radius 2 is 1.94 bits per heavy atom. The average Bonchev–Trinajstić information content (AvgIpc) is 2.43. The van der Waals surface area contributed by atoms with Gasteiger partial charge in [0, 0.05) is 13.2 Å². The van der Waals surface area contributed by atoms with Crippen LogP contribution in [0.15, 0.2) is 24.3 Å². The van der Waals surface area contributed by atoms with E-state index in [2.05, 4.69) is 0 Å². The first-order chi connectivity index (χ1) is 8.71. The van der Waals surface area contributed by atoms with Crippen molar-refractivity contribution < 1.29 is 14.6 Å². The Bertz CT molecular complexity index is 326. The lowest BCUT2D eigenvalue weighted by molar-refractivity contribution is 0.0932. The Morgan fingerprint density at radius 1 is 1.28 bits per heavy atom. The van der Waals surface area contributed by atoms with Crippen molar-refractivity contribution in [2.75, 3.05) is 20.3 Å². The van der Waals surface area contributed by atoms with Gasteiger partial charge in [-0.25, -0.2) is 0 Å². The second-order valence-electron chi connectivity index (χ2n) is 4.30. The molecule has 4 heteroatoms. The van der Waals surface area contributed by atoms with E-state index in [0.29, 0.717) is 6.61 Å². The van der Waals surface area contributed by atoms with E-state index < -0.39 is 0 Å². The Kier molecular flexibility index (Phi) is 6.72. The first kappa shape index (κ1) is 15.0. The number of rotatable bonds is 8. The highest BCUT2D eigenvalue weighted by Gasteiger charge is 2.16. The fraction of sp³-hybridized carbons (Fsp3) is 0.571. The molecule has 102 valence electrons. The van der Waals surface area contributed by atoms with Crippen LogP contribution in [0.25, 0.3) is 0 Å². The Balaban J connectivity index is 2.56. The molecule has 0 saturated heterocycles. The minimum atomic E-state index is -0.347. The molecule has 18 heavy (non-hydrogen) atoms. The summed E-state index contributed by atoms with van der Waals surface area (Å²) in [7, 11) is 1.69. The summed E-state index contributed by atoms with van der Waals surface area (Å²) in [5.41, 5.74) is 7.07. The number of benzene rings is 1. The summed E-state index contributed by atoms with van der Waals surface area (Å²) >= 11 is 0. The minimum absolute atomic E-state index is 0.0690. The topological polar surface area (TPSA) is 64.7 Å². The summed E-state index contributed by atoms with van der Waals surface area (Å²) in [6.45, 7) is 2.62. The molecule has 0 heterocycles. The monoisotopic (exact) mass is 253 g/mol. The Labute approximate surface area is 109 Å². The van der Waals surface area contributed by atoms with Gasteiger partial charge in [0.2, 0.25) is 0 Å². The van der Waals surface area contributed by atoms with Gasteiger partial charge >= 0.3 is 0 Å². The van der Waals surface area contributed by atoms with Crippen LogP contribution in [-0.4, -0.2) is 37.6 Å². The molecule has 0 aliphatic heterocycles. The van der Waals surface area contributed by atoms with Gasteiger partial charge in [-0.15, -0.1) is 0 Å². The summed E-state index contributed by atoms with van der Waals surface area (Å²) in [4.78, 5) is 0. The largest absolute Gasteiger partial charge is 0.486 e. The number of methoxy groups -OCH3 is 1. The molecule has 0 saturated carbocycles. The Morgan fingerprint density at radius 3 is 2.44 bits per heavy atom. The molecule has 2 unspecified atom stereocenters. The van der Waals surface area contributed by atoms with E-state index >= 15 is 0 Å². The number of hydrogen-bond acceptors (Lipinski definition) is 4. The van der Waals surface area contributed by atoms with Crippen molar-refractivity contribution in [1.29, 1.82) is 0 Å². The van der Waals surface area contributed by atoms with Crippen LogP contribution in [0, 0.1) is 0 Å². The minimum Gasteiger partial charge on any atom is -0.486 e. The van der Waals surface area contributed by atoms with Gasteiger partial charge in [-0.1, -0.05) is 19.1 Å². The van der Waals surface area contributed by atoms with Crippen LogP contribution in [0.3, 0.4) is 0 Å². The van der Waals surface area contributed by atoms with Crippen LogP contribution in [0.4, 0.5) is 0 Å². The Hall–Kier alpha value is -1.10. The predicted octanol–water partition coefficient (Wildman–Crippen LogP) is 1.35. The van der Waals surface area contributed by atoms with E-state index in [0.717, 1.165) is 18.6 Å². The van der Waals surface area contributed by atoms with Crippen LogP contribution in [-0.2, 0) is 11.2 Å². The van der Waals surface area contributed by atoms with Crippen LogP contribution in [0.2, 0.25) is 0 Å². The average molecular weight is 253 g/mol. The van der Waals surface area contributed by atoms with Crippen LogP contribution >= 0.6 is 0 Å². The van der Waals surface area contributed by atoms with E-state index in [9.17, 15) is 5.11 Å². The van der Waals surface area contributed by atoms with Crippen molar-refractivity contribution in [3.63, 3.8) is 0 Å². The molecule has 0 amide bonds. The van der Waals surface area contributed by atoms with Crippen molar-refractivity contribution >= 4 is 0 Å². The third-order valence-electron chi connectivity index (χ3n) is 2.93. The normalized spacial score (nSPS) is 14.2. The summed E-state index contributed by atoms with van der Waals surface area (Å²) in [5, 5.41) is 9.24. The first-order valence-electron chi connectivity index (χ1n) is 6.32. The predicted molar refractivity (Wildman–Crippen MR) is 71.8 cm³/mol. The lowest BCUT2D eigenvalue weighted by Crippen LogP contribution is -2.41. The maximum atomic E-state index is 9.24. The molecule has 0 aromatic heterocycles.